The van der Waals surface area contributed by atoms with Crippen molar-refractivity contribution in [3.05, 3.63) is 52.5 Å². The Morgan fingerprint density at radius 3 is 2.74 bits per heavy atom. The fraction of sp³-hybridized carbons (Fsp3) is 0.538. The van der Waals surface area contributed by atoms with Crippen molar-refractivity contribution in [1.29, 1.82) is 0 Å². The fourth-order valence-electron chi connectivity index (χ4n) is 6.13. The lowest BCUT2D eigenvalue weighted by Crippen LogP contribution is -2.50. The number of aromatic nitrogens is 2. The summed E-state index contributed by atoms with van der Waals surface area (Å²) < 4.78 is 20.9. The molecule has 9 heteroatoms. The van der Waals surface area contributed by atoms with E-state index in [9.17, 15) is 0 Å². The second-order valence-electron chi connectivity index (χ2n) is 10.3. The highest BCUT2D eigenvalue weighted by atomic mass is 19.1. The summed E-state index contributed by atoms with van der Waals surface area (Å²) in [7, 11) is 0. The van der Waals surface area contributed by atoms with E-state index in [4.69, 9.17) is 32.0 Å². The van der Waals surface area contributed by atoms with E-state index in [1.165, 1.54) is 0 Å². The molecule has 4 aliphatic heterocycles. The predicted octanol–water partition coefficient (Wildman–Crippen LogP) is 3.77. The Hall–Kier alpha value is -3.09. The van der Waals surface area contributed by atoms with Crippen molar-refractivity contribution < 1.29 is 9.13 Å². The lowest BCUT2D eigenvalue weighted by atomic mass is 9.73. The number of hydrogen-bond acceptors (Lipinski definition) is 7. The van der Waals surface area contributed by atoms with Crippen LogP contribution in [0.4, 0.5) is 21.6 Å². The Labute approximate surface area is 204 Å². The van der Waals surface area contributed by atoms with E-state index in [1.54, 1.807) is 6.07 Å². The van der Waals surface area contributed by atoms with Gasteiger partial charge < -0.3 is 20.3 Å². The smallest absolute Gasteiger partial charge is 0.222 e. The number of piperidine rings is 1. The Morgan fingerprint density at radius 1 is 1.23 bits per heavy atom. The van der Waals surface area contributed by atoms with Crippen molar-refractivity contribution in [2.45, 2.75) is 57.7 Å². The van der Waals surface area contributed by atoms with Crippen LogP contribution < -0.4 is 15.5 Å². The molecule has 35 heavy (non-hydrogen) atoms. The number of hydrogen-bond donors (Lipinski definition) is 1. The highest BCUT2D eigenvalue weighted by Gasteiger charge is 2.47. The number of nitrogens with zero attached hydrogens (tertiary/aromatic N) is 6. The normalized spacial score (nSPS) is 26.9. The number of amidine groups is 1. The first kappa shape index (κ1) is 22.4. The molecule has 0 unspecified atom stereocenters. The molecule has 0 bridgehead atoms. The van der Waals surface area contributed by atoms with Gasteiger partial charge in [0, 0.05) is 42.3 Å². The number of benzene rings is 1. The van der Waals surface area contributed by atoms with E-state index in [1.807, 2.05) is 24.1 Å². The first-order valence-corrected chi connectivity index (χ1v) is 12.4. The molecule has 0 amide bonds. The zero-order chi connectivity index (χ0) is 24.3. The van der Waals surface area contributed by atoms with Crippen LogP contribution in [0.15, 0.2) is 23.3 Å². The molecule has 0 saturated carbocycles. The van der Waals surface area contributed by atoms with E-state index in [0.29, 0.717) is 12.1 Å². The predicted molar refractivity (Wildman–Crippen MR) is 133 cm³/mol. The van der Waals surface area contributed by atoms with Gasteiger partial charge in [-0.1, -0.05) is 13.0 Å². The monoisotopic (exact) mass is 475 g/mol. The lowest BCUT2D eigenvalue weighted by Gasteiger charge is -2.41. The molecular weight excluding hydrogens is 445 g/mol. The topological polar surface area (TPSA) is 84.2 Å². The zero-order valence-corrected chi connectivity index (χ0v) is 20.2. The van der Waals surface area contributed by atoms with Gasteiger partial charge in [-0.05, 0) is 38.2 Å². The van der Waals surface area contributed by atoms with Crippen LogP contribution in [-0.2, 0) is 11.3 Å². The maximum atomic E-state index is 15.0. The summed E-state index contributed by atoms with van der Waals surface area (Å²) in [6.45, 7) is 15.0. The van der Waals surface area contributed by atoms with Gasteiger partial charge >= 0.3 is 0 Å². The van der Waals surface area contributed by atoms with E-state index < -0.39 is 5.82 Å². The van der Waals surface area contributed by atoms with Crippen molar-refractivity contribution in [1.82, 2.24) is 9.97 Å². The van der Waals surface area contributed by atoms with Crippen molar-refractivity contribution in [3.63, 3.8) is 0 Å². The third kappa shape index (κ3) is 3.42. The number of nitrogens with two attached hydrogens (primary N) is 1. The van der Waals surface area contributed by atoms with Gasteiger partial charge in [-0.2, -0.15) is 0 Å². The van der Waals surface area contributed by atoms with Crippen LogP contribution in [-0.4, -0.2) is 54.2 Å². The molecule has 3 atom stereocenters. The summed E-state index contributed by atoms with van der Waals surface area (Å²) in [5.74, 6) is 1.24. The highest BCUT2D eigenvalue weighted by molar-refractivity contribution is 6.11. The summed E-state index contributed by atoms with van der Waals surface area (Å²) in [4.78, 5) is 22.2. The van der Waals surface area contributed by atoms with E-state index in [-0.39, 0.29) is 29.2 Å². The van der Waals surface area contributed by atoms with Gasteiger partial charge in [0.25, 0.3) is 0 Å². The lowest BCUT2D eigenvalue weighted by molar-refractivity contribution is 0.0974. The molecular formula is C26H30FN7O. The van der Waals surface area contributed by atoms with Crippen LogP contribution in [0.3, 0.4) is 0 Å². The van der Waals surface area contributed by atoms with Crippen LogP contribution in [0.5, 0.6) is 0 Å². The highest BCUT2D eigenvalue weighted by Crippen LogP contribution is 2.43. The Balaban J connectivity index is 1.23. The minimum absolute atomic E-state index is 0.0432. The first-order chi connectivity index (χ1) is 16.9. The van der Waals surface area contributed by atoms with Crippen molar-refractivity contribution in [2.75, 3.05) is 36.0 Å². The molecule has 1 aromatic carbocycles. The third-order valence-electron chi connectivity index (χ3n) is 8.43. The molecule has 2 aromatic rings. The van der Waals surface area contributed by atoms with E-state index in [0.717, 1.165) is 74.2 Å². The van der Waals surface area contributed by atoms with E-state index >= 15 is 4.39 Å². The summed E-state index contributed by atoms with van der Waals surface area (Å²) in [6, 6.07) is 3.48. The summed E-state index contributed by atoms with van der Waals surface area (Å²) in [5, 5.41) is 0. The number of rotatable bonds is 1. The van der Waals surface area contributed by atoms with Gasteiger partial charge in [-0.25, -0.2) is 19.2 Å². The molecule has 8 nitrogen and oxygen atoms in total. The molecule has 1 aromatic heterocycles. The first-order valence-electron chi connectivity index (χ1n) is 12.4. The maximum Gasteiger partial charge on any atom is 0.222 e. The number of anilines is 2. The molecule has 2 saturated heterocycles. The van der Waals surface area contributed by atoms with Crippen LogP contribution in [0, 0.1) is 17.8 Å². The third-order valence-corrected chi connectivity index (χ3v) is 8.43. The van der Waals surface area contributed by atoms with Crippen LogP contribution in [0.25, 0.3) is 4.85 Å². The molecule has 2 N–H and O–H groups in total. The average Bonchev–Trinajstić information content (AvgIpc) is 3.41. The Bertz CT molecular complexity index is 1250. The average molecular weight is 476 g/mol. The van der Waals surface area contributed by atoms with Gasteiger partial charge in [0.2, 0.25) is 5.69 Å². The molecule has 5 heterocycles. The molecule has 0 aliphatic carbocycles. The minimum atomic E-state index is -0.417. The molecule has 6 rings (SSSR count). The second kappa shape index (κ2) is 8.25. The standard InChI is InChI=1S/C26H30FN7O/c1-15-6-9-34(19-5-4-17(29-3)22(27)21(15)19)25-23-18(12-31-25)32-20(13-30-23)33-10-7-26(8-11-33)14-35-16(2)24(26)28/h4-5,13,15-16,24H,6-12,14,28H2,1-2H3/t15-,16-,24+/m0/s1. The molecule has 2 fully saturated rings. The molecule has 1 spiro atoms. The van der Waals surface area contributed by atoms with Crippen LogP contribution >= 0.6 is 0 Å². The Kier molecular flexibility index (Phi) is 5.27. The SMILES string of the molecule is [C-]#[N+]c1ccc2c(c1F)[C@@H](C)CCN2C1=NCc2nc(N3CCC4(CC3)CO[C@@H](C)[C@H]4N)cnc21. The van der Waals surface area contributed by atoms with Crippen molar-refractivity contribution >= 4 is 23.0 Å². The quantitative estimate of drug-likeness (QED) is 0.632. The van der Waals surface area contributed by atoms with Crippen LogP contribution in [0.2, 0.25) is 0 Å². The molecule has 0 radical (unpaired) electrons. The van der Waals surface area contributed by atoms with Gasteiger partial charge in [0.1, 0.15) is 17.3 Å². The number of halogens is 1. The summed E-state index contributed by atoms with van der Waals surface area (Å²) >= 11 is 0. The van der Waals surface area contributed by atoms with E-state index in [2.05, 4.69) is 16.7 Å². The number of ether oxygens (including phenoxy) is 1. The van der Waals surface area contributed by atoms with Crippen molar-refractivity contribution in [2.24, 2.45) is 16.1 Å². The van der Waals surface area contributed by atoms with Gasteiger partial charge in [0.15, 0.2) is 5.84 Å². The van der Waals surface area contributed by atoms with Gasteiger partial charge in [-0.3, -0.25) is 4.99 Å². The van der Waals surface area contributed by atoms with Crippen LogP contribution in [0.1, 0.15) is 56.0 Å². The maximum absolute atomic E-state index is 15.0. The number of fused-ring (bicyclic) bond motifs is 2. The van der Waals surface area contributed by atoms with Crippen molar-refractivity contribution in [3.8, 4) is 0 Å². The minimum Gasteiger partial charge on any atom is -0.376 e. The second-order valence-corrected chi connectivity index (χ2v) is 10.3. The number of aliphatic imine (C=N–C) groups is 1. The Morgan fingerprint density at radius 2 is 2.03 bits per heavy atom. The zero-order valence-electron chi connectivity index (χ0n) is 20.2. The largest absolute Gasteiger partial charge is 0.376 e. The van der Waals surface area contributed by atoms with Gasteiger partial charge in [0.05, 0.1) is 37.7 Å². The molecule has 4 aliphatic rings. The summed E-state index contributed by atoms with van der Waals surface area (Å²) in [5.41, 5.74) is 9.59. The fourth-order valence-corrected chi connectivity index (χ4v) is 6.13. The summed E-state index contributed by atoms with van der Waals surface area (Å²) in [6.07, 6.45) is 4.70. The molecule has 182 valence electrons. The van der Waals surface area contributed by atoms with Gasteiger partial charge in [-0.15, -0.1) is 0 Å².